The van der Waals surface area contributed by atoms with Gasteiger partial charge >= 0.3 is 0 Å². The van der Waals surface area contributed by atoms with Crippen molar-refractivity contribution in [1.29, 1.82) is 0 Å². The van der Waals surface area contributed by atoms with E-state index >= 15 is 0 Å². The third-order valence-corrected chi connectivity index (χ3v) is 5.24. The Balaban J connectivity index is 2.24. The Labute approximate surface area is 110 Å². The second-order valence-corrected chi connectivity index (χ2v) is 6.27. The summed E-state index contributed by atoms with van der Waals surface area (Å²) in [5, 5.41) is 5.53. The molecule has 1 saturated heterocycles. The molecule has 1 N–H and O–H groups in total. The summed E-state index contributed by atoms with van der Waals surface area (Å²) in [5.41, 5.74) is -0.0691. The fourth-order valence-corrected chi connectivity index (χ4v) is 4.26. The first kappa shape index (κ1) is 12.6. The van der Waals surface area contributed by atoms with E-state index in [-0.39, 0.29) is 11.6 Å². The molecule has 2 heterocycles. The van der Waals surface area contributed by atoms with E-state index in [0.29, 0.717) is 0 Å². The zero-order valence-corrected chi connectivity index (χ0v) is 12.2. The number of nitrogens with one attached hydrogen (secondary N) is 1. The monoisotopic (exact) mass is 303 g/mol. The fourth-order valence-electron chi connectivity index (χ4n) is 2.41. The van der Waals surface area contributed by atoms with Crippen LogP contribution in [0.2, 0.25) is 0 Å². The van der Waals surface area contributed by atoms with Gasteiger partial charge in [-0.3, -0.25) is 0 Å². The average molecular weight is 304 g/mol. The first-order valence-electron chi connectivity index (χ1n) is 5.71. The summed E-state index contributed by atoms with van der Waals surface area (Å²) in [5.74, 6) is 0. The molecular weight excluding hydrogens is 286 g/mol. The van der Waals surface area contributed by atoms with Gasteiger partial charge in [-0.1, -0.05) is 0 Å². The van der Waals surface area contributed by atoms with Gasteiger partial charge in [-0.2, -0.15) is 0 Å². The number of thiophene rings is 1. The molecule has 2 atom stereocenters. The van der Waals surface area contributed by atoms with Gasteiger partial charge in [-0.25, -0.2) is 0 Å². The molecule has 0 aliphatic carbocycles. The van der Waals surface area contributed by atoms with Crippen LogP contribution in [0.15, 0.2) is 15.9 Å². The topological polar surface area (TPSA) is 21.3 Å². The predicted octanol–water partition coefficient (Wildman–Crippen LogP) is 3.73. The van der Waals surface area contributed by atoms with Crippen LogP contribution in [0.5, 0.6) is 0 Å². The molecule has 1 aliphatic rings. The van der Waals surface area contributed by atoms with Gasteiger partial charge in [-0.15, -0.1) is 11.3 Å². The molecule has 2 rings (SSSR count). The summed E-state index contributed by atoms with van der Waals surface area (Å²) in [4.78, 5) is 1.34. The molecule has 0 aromatic carbocycles. The maximum atomic E-state index is 6.02. The lowest BCUT2D eigenvalue weighted by molar-refractivity contribution is -0.0878. The molecule has 2 nitrogen and oxygen atoms in total. The third-order valence-electron chi connectivity index (χ3n) is 3.31. The molecule has 4 heteroatoms. The predicted molar refractivity (Wildman–Crippen MR) is 72.0 cm³/mol. The summed E-state index contributed by atoms with van der Waals surface area (Å²) < 4.78 is 7.21. The highest BCUT2D eigenvalue weighted by atomic mass is 79.9. The minimum absolute atomic E-state index is 0.0691. The van der Waals surface area contributed by atoms with Gasteiger partial charge < -0.3 is 10.1 Å². The second kappa shape index (κ2) is 5.17. The molecule has 1 aromatic rings. The molecule has 0 bridgehead atoms. The Morgan fingerprint density at radius 1 is 1.56 bits per heavy atom. The van der Waals surface area contributed by atoms with E-state index in [1.807, 2.05) is 7.05 Å². The SMILES string of the molecule is CNC(c1sccc1Br)C1(C)CCCCO1. The number of halogens is 1. The number of rotatable bonds is 3. The first-order chi connectivity index (χ1) is 7.67. The van der Waals surface area contributed by atoms with Crippen LogP contribution in [0, 0.1) is 0 Å². The van der Waals surface area contributed by atoms with Gasteiger partial charge in [0.15, 0.2) is 0 Å². The van der Waals surface area contributed by atoms with Gasteiger partial charge in [0.25, 0.3) is 0 Å². The fraction of sp³-hybridized carbons (Fsp3) is 0.667. The quantitative estimate of drug-likeness (QED) is 0.918. The van der Waals surface area contributed by atoms with E-state index in [2.05, 4.69) is 39.6 Å². The normalized spacial score (nSPS) is 27.9. The van der Waals surface area contributed by atoms with Crippen LogP contribution >= 0.6 is 27.3 Å². The molecule has 1 aromatic heterocycles. The molecule has 0 spiro atoms. The van der Waals surface area contributed by atoms with Crippen molar-refractivity contribution < 1.29 is 4.74 Å². The van der Waals surface area contributed by atoms with E-state index in [4.69, 9.17) is 4.74 Å². The van der Waals surface area contributed by atoms with E-state index < -0.39 is 0 Å². The molecule has 90 valence electrons. The van der Waals surface area contributed by atoms with Gasteiger partial charge in [-0.05, 0) is 60.6 Å². The third kappa shape index (κ3) is 2.35. The smallest absolute Gasteiger partial charge is 0.0856 e. The zero-order chi connectivity index (χ0) is 11.6. The van der Waals surface area contributed by atoms with Crippen LogP contribution in [-0.4, -0.2) is 19.3 Å². The van der Waals surface area contributed by atoms with Crippen molar-refractivity contribution in [3.05, 3.63) is 20.8 Å². The van der Waals surface area contributed by atoms with Crippen molar-refractivity contribution in [2.24, 2.45) is 0 Å². The highest BCUT2D eigenvalue weighted by Gasteiger charge is 2.38. The van der Waals surface area contributed by atoms with Crippen molar-refractivity contribution in [2.75, 3.05) is 13.7 Å². The van der Waals surface area contributed by atoms with Crippen LogP contribution < -0.4 is 5.32 Å². The lowest BCUT2D eigenvalue weighted by Crippen LogP contribution is -2.44. The summed E-state index contributed by atoms with van der Waals surface area (Å²) in [6.45, 7) is 3.11. The molecule has 1 fully saturated rings. The number of hydrogen-bond acceptors (Lipinski definition) is 3. The van der Waals surface area contributed by atoms with Crippen molar-refractivity contribution in [3.63, 3.8) is 0 Å². The maximum absolute atomic E-state index is 6.02. The van der Waals surface area contributed by atoms with Crippen molar-refractivity contribution in [2.45, 2.75) is 37.8 Å². The summed E-state index contributed by atoms with van der Waals surface area (Å²) >= 11 is 5.40. The van der Waals surface area contributed by atoms with E-state index in [1.165, 1.54) is 22.2 Å². The lowest BCUT2D eigenvalue weighted by atomic mass is 9.87. The van der Waals surface area contributed by atoms with Crippen LogP contribution in [0.1, 0.15) is 37.1 Å². The van der Waals surface area contributed by atoms with E-state index in [9.17, 15) is 0 Å². The largest absolute Gasteiger partial charge is 0.373 e. The molecule has 0 saturated carbocycles. The van der Waals surface area contributed by atoms with Crippen LogP contribution in [-0.2, 0) is 4.74 Å². The van der Waals surface area contributed by atoms with Crippen molar-refractivity contribution in [1.82, 2.24) is 5.32 Å². The first-order valence-corrected chi connectivity index (χ1v) is 7.39. The minimum Gasteiger partial charge on any atom is -0.373 e. The Morgan fingerprint density at radius 2 is 2.38 bits per heavy atom. The Hall–Kier alpha value is 0.1000. The van der Waals surface area contributed by atoms with E-state index in [0.717, 1.165) is 13.0 Å². The van der Waals surface area contributed by atoms with Crippen molar-refractivity contribution >= 4 is 27.3 Å². The summed E-state index contributed by atoms with van der Waals surface area (Å²) in [7, 11) is 2.01. The average Bonchev–Trinajstić information content (AvgIpc) is 2.67. The van der Waals surface area contributed by atoms with Crippen LogP contribution in [0.25, 0.3) is 0 Å². The van der Waals surface area contributed by atoms with Gasteiger partial charge in [0.2, 0.25) is 0 Å². The van der Waals surface area contributed by atoms with Gasteiger partial charge in [0.1, 0.15) is 0 Å². The van der Waals surface area contributed by atoms with Gasteiger partial charge in [0.05, 0.1) is 11.6 Å². The Kier molecular flexibility index (Phi) is 4.06. The molecule has 2 unspecified atom stereocenters. The molecular formula is C12H18BrNOS. The maximum Gasteiger partial charge on any atom is 0.0856 e. The lowest BCUT2D eigenvalue weighted by Gasteiger charge is -2.40. The van der Waals surface area contributed by atoms with Gasteiger partial charge in [0, 0.05) is 16.0 Å². The number of ether oxygens (including phenoxy) is 1. The molecule has 16 heavy (non-hydrogen) atoms. The van der Waals surface area contributed by atoms with E-state index in [1.54, 1.807) is 11.3 Å². The zero-order valence-electron chi connectivity index (χ0n) is 9.75. The standard InChI is InChI=1S/C12H18BrNOS/c1-12(6-3-4-7-15-12)11(14-2)10-9(13)5-8-16-10/h5,8,11,14H,3-4,6-7H2,1-2H3. The highest BCUT2D eigenvalue weighted by molar-refractivity contribution is 9.10. The second-order valence-electron chi connectivity index (χ2n) is 4.47. The minimum atomic E-state index is -0.0691. The van der Waals surface area contributed by atoms with Crippen LogP contribution in [0.4, 0.5) is 0 Å². The number of hydrogen-bond donors (Lipinski definition) is 1. The number of likely N-dealkylation sites (N-methyl/N-ethyl adjacent to an activating group) is 1. The summed E-state index contributed by atoms with van der Waals surface area (Å²) in [6, 6.07) is 2.39. The molecule has 1 aliphatic heterocycles. The van der Waals surface area contributed by atoms with Crippen molar-refractivity contribution in [3.8, 4) is 0 Å². The van der Waals surface area contributed by atoms with Crippen LogP contribution in [0.3, 0.4) is 0 Å². The highest BCUT2D eigenvalue weighted by Crippen LogP contribution is 2.41. The Morgan fingerprint density at radius 3 is 2.88 bits per heavy atom. The molecule has 0 radical (unpaired) electrons. The Bertz CT molecular complexity index is 347. The molecule has 0 amide bonds. The summed E-state index contributed by atoms with van der Waals surface area (Å²) in [6.07, 6.45) is 3.58.